The van der Waals surface area contributed by atoms with Crippen molar-refractivity contribution in [2.45, 2.75) is 44.9 Å². The van der Waals surface area contributed by atoms with Crippen LogP contribution in [0.4, 0.5) is 13.2 Å². The zero-order valence-corrected chi connectivity index (χ0v) is 9.63. The molecule has 2 unspecified atom stereocenters. The SMILES string of the molecule is CCC1CCCN(CC(O)C(F)(F)F)CC1. The molecule has 1 heterocycles. The highest BCUT2D eigenvalue weighted by Crippen LogP contribution is 2.24. The van der Waals surface area contributed by atoms with Crippen LogP contribution in [0.2, 0.25) is 0 Å². The third-order valence-electron chi connectivity index (χ3n) is 3.33. The van der Waals surface area contributed by atoms with E-state index >= 15 is 0 Å². The Labute approximate surface area is 94.4 Å². The Morgan fingerprint density at radius 1 is 1.31 bits per heavy atom. The molecule has 0 aromatic carbocycles. The number of nitrogens with zero attached hydrogens (tertiary/aromatic N) is 1. The van der Waals surface area contributed by atoms with E-state index in [2.05, 4.69) is 6.92 Å². The monoisotopic (exact) mass is 239 g/mol. The van der Waals surface area contributed by atoms with E-state index in [1.54, 1.807) is 4.90 Å². The van der Waals surface area contributed by atoms with Crippen molar-refractivity contribution in [1.29, 1.82) is 0 Å². The summed E-state index contributed by atoms with van der Waals surface area (Å²) in [5, 5.41) is 8.99. The summed E-state index contributed by atoms with van der Waals surface area (Å²) in [6, 6.07) is 0. The first kappa shape index (κ1) is 13.8. The lowest BCUT2D eigenvalue weighted by atomic mass is 9.98. The molecule has 0 aliphatic carbocycles. The molecule has 0 bridgehead atoms. The molecule has 0 aromatic rings. The largest absolute Gasteiger partial charge is 0.415 e. The number of hydrogen-bond acceptors (Lipinski definition) is 2. The van der Waals surface area contributed by atoms with Crippen LogP contribution in [0.5, 0.6) is 0 Å². The number of aliphatic hydroxyl groups is 1. The second-order valence-electron chi connectivity index (χ2n) is 4.56. The smallest absolute Gasteiger partial charge is 0.382 e. The molecular formula is C11H20F3NO. The number of alkyl halides is 3. The highest BCUT2D eigenvalue weighted by atomic mass is 19.4. The molecular weight excluding hydrogens is 219 g/mol. The maximum Gasteiger partial charge on any atom is 0.415 e. The Bertz CT molecular complexity index is 208. The van der Waals surface area contributed by atoms with Gasteiger partial charge in [-0.25, -0.2) is 0 Å². The molecule has 96 valence electrons. The molecule has 16 heavy (non-hydrogen) atoms. The van der Waals surface area contributed by atoms with E-state index in [-0.39, 0.29) is 6.54 Å². The van der Waals surface area contributed by atoms with Crippen LogP contribution in [0.3, 0.4) is 0 Å². The minimum absolute atomic E-state index is 0.278. The van der Waals surface area contributed by atoms with Gasteiger partial charge >= 0.3 is 6.18 Å². The lowest BCUT2D eigenvalue weighted by molar-refractivity contribution is -0.208. The predicted molar refractivity (Wildman–Crippen MR) is 56.1 cm³/mol. The number of hydrogen-bond donors (Lipinski definition) is 1. The standard InChI is InChI=1S/C11H20F3NO/c1-2-9-4-3-6-15(7-5-9)8-10(16)11(12,13)14/h9-10,16H,2-8H2,1H3. The highest BCUT2D eigenvalue weighted by molar-refractivity contribution is 4.75. The molecule has 1 saturated heterocycles. The van der Waals surface area contributed by atoms with Gasteiger partial charge in [0.05, 0.1) is 0 Å². The fourth-order valence-electron chi connectivity index (χ4n) is 2.16. The van der Waals surface area contributed by atoms with Gasteiger partial charge in [0.2, 0.25) is 0 Å². The number of halogens is 3. The summed E-state index contributed by atoms with van der Waals surface area (Å²) in [5.74, 6) is 0.632. The summed E-state index contributed by atoms with van der Waals surface area (Å²) in [4.78, 5) is 1.73. The molecule has 5 heteroatoms. The van der Waals surface area contributed by atoms with E-state index in [4.69, 9.17) is 5.11 Å². The van der Waals surface area contributed by atoms with Gasteiger partial charge in [0.25, 0.3) is 0 Å². The van der Waals surface area contributed by atoms with Crippen LogP contribution in [0, 0.1) is 5.92 Å². The Hall–Kier alpha value is -0.290. The van der Waals surface area contributed by atoms with Gasteiger partial charge in [0.15, 0.2) is 6.10 Å². The molecule has 1 N–H and O–H groups in total. The first-order chi connectivity index (χ1) is 7.43. The second kappa shape index (κ2) is 5.87. The number of aliphatic hydroxyl groups excluding tert-OH is 1. The quantitative estimate of drug-likeness (QED) is 0.817. The third kappa shape index (κ3) is 4.29. The zero-order chi connectivity index (χ0) is 12.2. The van der Waals surface area contributed by atoms with E-state index < -0.39 is 12.3 Å². The van der Waals surface area contributed by atoms with Crippen molar-refractivity contribution in [3.05, 3.63) is 0 Å². The maximum absolute atomic E-state index is 12.2. The molecule has 0 amide bonds. The average molecular weight is 239 g/mol. The molecule has 2 atom stereocenters. The Morgan fingerprint density at radius 2 is 2.00 bits per heavy atom. The van der Waals surface area contributed by atoms with Crippen molar-refractivity contribution < 1.29 is 18.3 Å². The van der Waals surface area contributed by atoms with Crippen molar-refractivity contribution in [1.82, 2.24) is 4.90 Å². The Kier molecular flexibility index (Phi) is 5.05. The summed E-state index contributed by atoms with van der Waals surface area (Å²) in [5.41, 5.74) is 0. The first-order valence-corrected chi connectivity index (χ1v) is 5.90. The maximum atomic E-state index is 12.2. The topological polar surface area (TPSA) is 23.5 Å². The van der Waals surface area contributed by atoms with Crippen LogP contribution < -0.4 is 0 Å². The predicted octanol–water partition coefficient (Wildman–Crippen LogP) is 2.42. The summed E-state index contributed by atoms with van der Waals surface area (Å²) < 4.78 is 36.5. The second-order valence-corrected chi connectivity index (χ2v) is 4.56. The molecule has 2 nitrogen and oxygen atoms in total. The van der Waals surface area contributed by atoms with Crippen molar-refractivity contribution in [2.24, 2.45) is 5.92 Å². The van der Waals surface area contributed by atoms with Gasteiger partial charge < -0.3 is 10.0 Å². The summed E-state index contributed by atoms with van der Waals surface area (Å²) in [7, 11) is 0. The fraction of sp³-hybridized carbons (Fsp3) is 1.00. The van der Waals surface area contributed by atoms with Crippen LogP contribution in [0.1, 0.15) is 32.6 Å². The minimum atomic E-state index is -4.49. The van der Waals surface area contributed by atoms with Gasteiger partial charge in [-0.1, -0.05) is 13.3 Å². The Morgan fingerprint density at radius 3 is 2.56 bits per heavy atom. The van der Waals surface area contributed by atoms with Crippen LogP contribution >= 0.6 is 0 Å². The van der Waals surface area contributed by atoms with Crippen molar-refractivity contribution in [3.63, 3.8) is 0 Å². The van der Waals surface area contributed by atoms with E-state index in [1.165, 1.54) is 0 Å². The molecule has 1 rings (SSSR count). The van der Waals surface area contributed by atoms with Gasteiger partial charge in [0.1, 0.15) is 0 Å². The van der Waals surface area contributed by atoms with E-state index in [0.717, 1.165) is 25.7 Å². The van der Waals surface area contributed by atoms with Gasteiger partial charge in [0, 0.05) is 6.54 Å². The van der Waals surface area contributed by atoms with Gasteiger partial charge in [-0.3, -0.25) is 0 Å². The third-order valence-corrected chi connectivity index (χ3v) is 3.33. The van der Waals surface area contributed by atoms with Crippen LogP contribution in [-0.2, 0) is 0 Å². The Balaban J connectivity index is 2.38. The summed E-state index contributed by atoms with van der Waals surface area (Å²) in [6.45, 7) is 3.18. The van der Waals surface area contributed by atoms with Crippen molar-refractivity contribution in [2.75, 3.05) is 19.6 Å². The average Bonchev–Trinajstić information content (AvgIpc) is 2.41. The molecule has 0 spiro atoms. The van der Waals surface area contributed by atoms with Crippen molar-refractivity contribution >= 4 is 0 Å². The van der Waals surface area contributed by atoms with Crippen LogP contribution in [0.15, 0.2) is 0 Å². The van der Waals surface area contributed by atoms with Crippen molar-refractivity contribution in [3.8, 4) is 0 Å². The highest BCUT2D eigenvalue weighted by Gasteiger charge is 2.39. The first-order valence-electron chi connectivity index (χ1n) is 5.90. The van der Waals surface area contributed by atoms with Gasteiger partial charge in [-0.2, -0.15) is 13.2 Å². The summed E-state index contributed by atoms with van der Waals surface area (Å²) in [6.07, 6.45) is -2.63. The molecule has 0 radical (unpaired) electrons. The van der Waals surface area contributed by atoms with Gasteiger partial charge in [-0.15, -0.1) is 0 Å². The number of likely N-dealkylation sites (tertiary alicyclic amines) is 1. The zero-order valence-electron chi connectivity index (χ0n) is 9.63. The number of rotatable bonds is 3. The lowest BCUT2D eigenvalue weighted by Gasteiger charge is -2.24. The van der Waals surface area contributed by atoms with E-state index in [9.17, 15) is 13.2 Å². The van der Waals surface area contributed by atoms with Gasteiger partial charge in [-0.05, 0) is 38.3 Å². The van der Waals surface area contributed by atoms with Crippen LogP contribution in [-0.4, -0.2) is 41.9 Å². The summed E-state index contributed by atoms with van der Waals surface area (Å²) >= 11 is 0. The molecule has 1 fully saturated rings. The fourth-order valence-corrected chi connectivity index (χ4v) is 2.16. The molecule has 1 aliphatic rings. The lowest BCUT2D eigenvalue weighted by Crippen LogP contribution is -2.41. The number of β-amino-alcohol motifs (C(OH)–C–C–N with tert-alkyl or cyclic N) is 1. The molecule has 1 aliphatic heterocycles. The minimum Gasteiger partial charge on any atom is -0.382 e. The molecule has 0 saturated carbocycles. The van der Waals surface area contributed by atoms with E-state index in [0.29, 0.717) is 19.0 Å². The normalized spacial score (nSPS) is 26.4. The van der Waals surface area contributed by atoms with Crippen LogP contribution in [0.25, 0.3) is 0 Å². The van der Waals surface area contributed by atoms with E-state index in [1.807, 2.05) is 0 Å². The molecule has 0 aromatic heterocycles.